The van der Waals surface area contributed by atoms with Crippen LogP contribution in [0.15, 0.2) is 0 Å². The van der Waals surface area contributed by atoms with Crippen molar-refractivity contribution in [1.82, 2.24) is 10.2 Å². The summed E-state index contributed by atoms with van der Waals surface area (Å²) < 4.78 is 0. The Morgan fingerprint density at radius 1 is 1.24 bits per heavy atom. The molecule has 0 saturated heterocycles. The van der Waals surface area contributed by atoms with Crippen LogP contribution in [0.5, 0.6) is 0 Å². The summed E-state index contributed by atoms with van der Waals surface area (Å²) in [5.41, 5.74) is 4.81. The monoisotopic (exact) mass is 243 g/mol. The second kappa shape index (κ2) is 6.97. The summed E-state index contributed by atoms with van der Waals surface area (Å²) in [7, 11) is 1.79. The summed E-state index contributed by atoms with van der Waals surface area (Å²) in [5, 5.41) is 3.04. The van der Waals surface area contributed by atoms with Crippen molar-refractivity contribution >= 4 is 5.91 Å². The van der Waals surface area contributed by atoms with E-state index in [0.717, 1.165) is 13.1 Å². The van der Waals surface area contributed by atoms with Gasteiger partial charge in [-0.1, -0.05) is 27.7 Å². The van der Waals surface area contributed by atoms with Crippen LogP contribution in [0.1, 0.15) is 34.6 Å². The van der Waals surface area contributed by atoms with E-state index in [0.29, 0.717) is 18.4 Å². The number of nitrogens with two attached hydrogens (primary N) is 1. The van der Waals surface area contributed by atoms with Crippen LogP contribution in [0, 0.1) is 11.8 Å². The molecule has 0 bridgehead atoms. The van der Waals surface area contributed by atoms with Crippen molar-refractivity contribution in [2.24, 2.45) is 17.6 Å². The zero-order chi connectivity index (χ0) is 13.6. The van der Waals surface area contributed by atoms with E-state index in [4.69, 9.17) is 5.73 Å². The average molecular weight is 243 g/mol. The number of nitrogens with zero attached hydrogens (tertiary/aromatic N) is 1. The third kappa shape index (κ3) is 6.03. The highest BCUT2D eigenvalue weighted by Gasteiger charge is 2.31. The number of rotatable bonds is 8. The second-order valence-electron chi connectivity index (χ2n) is 5.93. The molecule has 0 spiro atoms. The Kier molecular flexibility index (Phi) is 6.72. The number of primary amides is 1. The van der Waals surface area contributed by atoms with Gasteiger partial charge in [0.15, 0.2) is 0 Å². The van der Waals surface area contributed by atoms with E-state index in [9.17, 15) is 4.79 Å². The molecule has 1 atom stereocenters. The van der Waals surface area contributed by atoms with Gasteiger partial charge >= 0.3 is 0 Å². The topological polar surface area (TPSA) is 58.4 Å². The number of hydrogen-bond acceptors (Lipinski definition) is 3. The normalized spacial score (nSPS) is 15.6. The van der Waals surface area contributed by atoms with E-state index in [1.54, 1.807) is 7.05 Å². The van der Waals surface area contributed by atoms with Gasteiger partial charge in [0.2, 0.25) is 5.91 Å². The molecule has 0 radical (unpaired) electrons. The Labute approximate surface area is 106 Å². The summed E-state index contributed by atoms with van der Waals surface area (Å²) in [6.45, 7) is 13.3. The first-order chi connectivity index (χ1) is 7.71. The molecule has 0 aliphatic rings. The van der Waals surface area contributed by atoms with Crippen LogP contribution in [-0.4, -0.2) is 43.0 Å². The third-order valence-corrected chi connectivity index (χ3v) is 2.88. The Morgan fingerprint density at radius 3 is 1.88 bits per heavy atom. The van der Waals surface area contributed by atoms with E-state index in [1.807, 2.05) is 6.92 Å². The molecule has 4 nitrogen and oxygen atoms in total. The van der Waals surface area contributed by atoms with Crippen molar-refractivity contribution in [3.63, 3.8) is 0 Å². The first-order valence-corrected chi connectivity index (χ1v) is 6.42. The first kappa shape index (κ1) is 16.4. The number of carbonyl (C=O) groups excluding carboxylic acids is 1. The van der Waals surface area contributed by atoms with Gasteiger partial charge in [0.05, 0.1) is 0 Å². The second-order valence-corrected chi connectivity index (χ2v) is 5.93. The third-order valence-electron chi connectivity index (χ3n) is 2.88. The largest absolute Gasteiger partial charge is 0.368 e. The molecule has 0 aliphatic carbocycles. The molecule has 17 heavy (non-hydrogen) atoms. The van der Waals surface area contributed by atoms with Gasteiger partial charge < -0.3 is 16.0 Å². The van der Waals surface area contributed by atoms with Gasteiger partial charge in [-0.15, -0.1) is 0 Å². The summed E-state index contributed by atoms with van der Waals surface area (Å²) in [5.74, 6) is 0.878. The van der Waals surface area contributed by atoms with Crippen molar-refractivity contribution in [2.45, 2.75) is 40.2 Å². The molecule has 1 amide bonds. The summed E-state index contributed by atoms with van der Waals surface area (Å²) in [6, 6.07) is 0. The molecule has 0 heterocycles. The van der Waals surface area contributed by atoms with Gasteiger partial charge in [0, 0.05) is 19.6 Å². The number of likely N-dealkylation sites (N-methyl/N-ethyl adjacent to an activating group) is 1. The molecular weight excluding hydrogens is 214 g/mol. The maximum absolute atomic E-state index is 11.5. The predicted molar refractivity (Wildman–Crippen MR) is 72.8 cm³/mol. The quantitative estimate of drug-likeness (QED) is 0.670. The molecule has 4 heteroatoms. The highest BCUT2D eigenvalue weighted by Crippen LogP contribution is 2.10. The van der Waals surface area contributed by atoms with Crippen LogP contribution in [0.4, 0.5) is 0 Å². The highest BCUT2D eigenvalue weighted by molar-refractivity contribution is 5.84. The molecule has 0 saturated carbocycles. The lowest BCUT2D eigenvalue weighted by atomic mass is 9.99. The van der Waals surface area contributed by atoms with E-state index < -0.39 is 5.54 Å². The van der Waals surface area contributed by atoms with Crippen molar-refractivity contribution in [2.75, 3.05) is 26.7 Å². The van der Waals surface area contributed by atoms with E-state index in [-0.39, 0.29) is 5.91 Å². The maximum Gasteiger partial charge on any atom is 0.238 e. The molecule has 1 unspecified atom stereocenters. The van der Waals surface area contributed by atoms with Gasteiger partial charge in [-0.2, -0.15) is 0 Å². The Balaban J connectivity index is 4.64. The highest BCUT2D eigenvalue weighted by atomic mass is 16.1. The van der Waals surface area contributed by atoms with Gasteiger partial charge in [-0.3, -0.25) is 4.79 Å². The molecule has 102 valence electrons. The molecule has 0 aromatic heterocycles. The summed E-state index contributed by atoms with van der Waals surface area (Å²) in [6.07, 6.45) is 0. The average Bonchev–Trinajstić information content (AvgIpc) is 2.14. The van der Waals surface area contributed by atoms with Gasteiger partial charge in [0.25, 0.3) is 0 Å². The Bertz CT molecular complexity index is 231. The molecule has 0 fully saturated rings. The lowest BCUT2D eigenvalue weighted by Crippen LogP contribution is -2.59. The van der Waals surface area contributed by atoms with E-state index >= 15 is 0 Å². The minimum atomic E-state index is -0.649. The van der Waals surface area contributed by atoms with Gasteiger partial charge in [0.1, 0.15) is 5.54 Å². The number of carbonyl (C=O) groups is 1. The predicted octanol–water partition coefficient (Wildman–Crippen LogP) is 1.06. The molecule has 0 aromatic rings. The van der Waals surface area contributed by atoms with Crippen LogP contribution in [0.25, 0.3) is 0 Å². The molecule has 0 aromatic carbocycles. The molecular formula is C13H29N3O. The minimum Gasteiger partial charge on any atom is -0.368 e. The number of amides is 1. The lowest BCUT2D eigenvalue weighted by Gasteiger charge is -2.34. The van der Waals surface area contributed by atoms with Crippen LogP contribution in [-0.2, 0) is 4.79 Å². The van der Waals surface area contributed by atoms with Crippen molar-refractivity contribution in [3.05, 3.63) is 0 Å². The van der Waals surface area contributed by atoms with Crippen molar-refractivity contribution in [1.29, 1.82) is 0 Å². The van der Waals surface area contributed by atoms with Crippen LogP contribution >= 0.6 is 0 Å². The Morgan fingerprint density at radius 2 is 1.65 bits per heavy atom. The van der Waals surface area contributed by atoms with Crippen LogP contribution < -0.4 is 11.1 Å². The zero-order valence-electron chi connectivity index (χ0n) is 12.2. The first-order valence-electron chi connectivity index (χ1n) is 6.42. The standard InChI is InChI=1S/C13H29N3O/c1-10(2)7-16(8-11(3)4)9-13(5,15-6)12(14)17/h10-11,15H,7-9H2,1-6H3,(H2,14,17). The summed E-state index contributed by atoms with van der Waals surface area (Å²) >= 11 is 0. The Hall–Kier alpha value is -0.610. The van der Waals surface area contributed by atoms with Crippen molar-refractivity contribution < 1.29 is 4.79 Å². The molecule has 3 N–H and O–H groups in total. The van der Waals surface area contributed by atoms with Crippen LogP contribution in [0.3, 0.4) is 0 Å². The fourth-order valence-electron chi connectivity index (χ4n) is 1.96. The van der Waals surface area contributed by atoms with Crippen LogP contribution in [0.2, 0.25) is 0 Å². The van der Waals surface area contributed by atoms with Crippen molar-refractivity contribution in [3.8, 4) is 0 Å². The van der Waals surface area contributed by atoms with Gasteiger partial charge in [-0.25, -0.2) is 0 Å². The van der Waals surface area contributed by atoms with E-state index in [2.05, 4.69) is 37.9 Å². The van der Waals surface area contributed by atoms with Gasteiger partial charge in [-0.05, 0) is 25.8 Å². The SMILES string of the molecule is CNC(C)(CN(CC(C)C)CC(C)C)C(N)=O. The fourth-order valence-corrected chi connectivity index (χ4v) is 1.96. The maximum atomic E-state index is 11.5. The zero-order valence-corrected chi connectivity index (χ0v) is 12.2. The minimum absolute atomic E-state index is 0.294. The smallest absolute Gasteiger partial charge is 0.238 e. The number of hydrogen-bond donors (Lipinski definition) is 2. The molecule has 0 aliphatic heterocycles. The summed E-state index contributed by atoms with van der Waals surface area (Å²) in [4.78, 5) is 13.8. The number of nitrogens with one attached hydrogen (secondary N) is 1. The van der Waals surface area contributed by atoms with E-state index in [1.165, 1.54) is 0 Å². The molecule has 0 rings (SSSR count). The fraction of sp³-hybridized carbons (Fsp3) is 0.923. The lowest BCUT2D eigenvalue weighted by molar-refractivity contribution is -0.124.